The summed E-state index contributed by atoms with van der Waals surface area (Å²) in [5.41, 5.74) is 0. The predicted octanol–water partition coefficient (Wildman–Crippen LogP) is 2.92. The van der Waals surface area contributed by atoms with Crippen LogP contribution in [0.2, 0.25) is 0 Å². The number of halogens is 1. The minimum Gasteiger partial charge on any atom is -0.357 e. The molecule has 0 saturated heterocycles. The lowest BCUT2D eigenvalue weighted by Crippen LogP contribution is -1.99. The molecule has 0 rings (SSSR count). The maximum Gasteiger partial charge on any atom is 0.164 e. The lowest BCUT2D eigenvalue weighted by atomic mass is 10.6. The quantitative estimate of drug-likeness (QED) is 0.497. The fraction of sp³-hybridized carbons (Fsp3) is 0.857. The average molecular weight is 194 g/mol. The zero-order chi connectivity index (χ0) is 8.69. The Kier molecular flexibility index (Phi) is 6.96. The van der Waals surface area contributed by atoms with Gasteiger partial charge in [0.2, 0.25) is 0 Å². The van der Waals surface area contributed by atoms with Crippen LogP contribution in [0.5, 0.6) is 0 Å². The van der Waals surface area contributed by atoms with E-state index in [1.807, 2.05) is 13.0 Å². The maximum atomic E-state index is 8.51. The summed E-state index contributed by atoms with van der Waals surface area (Å²) >= 11 is 5.73. The largest absolute Gasteiger partial charge is 0.357 e. The molecular formula is C7H13ClNOP. The Bertz CT molecular complexity index is 131. The summed E-state index contributed by atoms with van der Waals surface area (Å²) in [7, 11) is -0.718. The van der Waals surface area contributed by atoms with E-state index in [4.69, 9.17) is 21.4 Å². The molecule has 0 aromatic carbocycles. The van der Waals surface area contributed by atoms with Gasteiger partial charge in [-0.25, -0.2) is 0 Å². The van der Waals surface area contributed by atoms with Gasteiger partial charge in [-0.2, -0.15) is 5.26 Å². The van der Waals surface area contributed by atoms with Crippen molar-refractivity contribution in [2.45, 2.75) is 25.4 Å². The maximum absolute atomic E-state index is 8.51. The molecule has 2 atom stereocenters. The van der Waals surface area contributed by atoms with Gasteiger partial charge in [0.25, 0.3) is 0 Å². The standard InChI is InChI=1S/C7H13ClNOP/c1-3-5-11(10-4-2)7(8)6-9/h7H,3-5H2,1-2H3. The Hall–Kier alpha value is 0.170. The van der Waals surface area contributed by atoms with E-state index < -0.39 is 13.3 Å². The van der Waals surface area contributed by atoms with Crippen LogP contribution in [0.25, 0.3) is 0 Å². The van der Waals surface area contributed by atoms with Crippen molar-refractivity contribution in [2.75, 3.05) is 12.8 Å². The second kappa shape index (κ2) is 6.85. The molecule has 11 heavy (non-hydrogen) atoms. The molecule has 0 radical (unpaired) electrons. The predicted molar refractivity (Wildman–Crippen MR) is 49.0 cm³/mol. The van der Waals surface area contributed by atoms with Gasteiger partial charge < -0.3 is 4.52 Å². The summed E-state index contributed by atoms with van der Waals surface area (Å²) in [4.78, 5) is 0. The average Bonchev–Trinajstić information content (AvgIpc) is 2.03. The van der Waals surface area contributed by atoms with Crippen LogP contribution in [0.3, 0.4) is 0 Å². The van der Waals surface area contributed by atoms with Crippen molar-refractivity contribution in [2.24, 2.45) is 0 Å². The van der Waals surface area contributed by atoms with E-state index in [1.54, 1.807) is 0 Å². The Balaban J connectivity index is 3.78. The lowest BCUT2D eigenvalue weighted by molar-refractivity contribution is 0.377. The van der Waals surface area contributed by atoms with Gasteiger partial charge >= 0.3 is 0 Å². The van der Waals surface area contributed by atoms with E-state index in [0.717, 1.165) is 12.6 Å². The van der Waals surface area contributed by atoms with Gasteiger partial charge in [0.05, 0.1) is 14.2 Å². The second-order valence-electron chi connectivity index (χ2n) is 2.02. The molecule has 2 nitrogen and oxygen atoms in total. The molecule has 0 bridgehead atoms. The third-order valence-corrected chi connectivity index (χ3v) is 3.95. The van der Waals surface area contributed by atoms with E-state index >= 15 is 0 Å². The van der Waals surface area contributed by atoms with Gasteiger partial charge in [-0.15, -0.1) is 0 Å². The minimum atomic E-state index is -0.718. The number of hydrogen-bond donors (Lipinski definition) is 0. The zero-order valence-electron chi connectivity index (χ0n) is 6.88. The molecule has 0 fully saturated rings. The Morgan fingerprint density at radius 3 is 2.64 bits per heavy atom. The number of rotatable bonds is 5. The van der Waals surface area contributed by atoms with Crippen molar-refractivity contribution in [1.82, 2.24) is 0 Å². The highest BCUT2D eigenvalue weighted by Gasteiger charge is 2.17. The van der Waals surface area contributed by atoms with E-state index in [0.29, 0.717) is 6.61 Å². The van der Waals surface area contributed by atoms with Crippen LogP contribution >= 0.6 is 19.7 Å². The number of alkyl halides is 1. The Morgan fingerprint density at radius 2 is 2.27 bits per heavy atom. The summed E-state index contributed by atoms with van der Waals surface area (Å²) in [6, 6.07) is 2.00. The summed E-state index contributed by atoms with van der Waals surface area (Å²) in [6.45, 7) is 4.64. The van der Waals surface area contributed by atoms with Gasteiger partial charge in [-0.1, -0.05) is 18.5 Å². The molecule has 0 spiro atoms. The van der Waals surface area contributed by atoms with Crippen LogP contribution in [-0.4, -0.2) is 17.9 Å². The van der Waals surface area contributed by atoms with Crippen LogP contribution in [-0.2, 0) is 4.52 Å². The fourth-order valence-corrected chi connectivity index (χ4v) is 2.54. The second-order valence-corrected chi connectivity index (χ2v) is 4.82. The van der Waals surface area contributed by atoms with Crippen molar-refractivity contribution in [3.8, 4) is 6.07 Å². The molecule has 0 aromatic heterocycles. The monoisotopic (exact) mass is 193 g/mol. The molecule has 0 heterocycles. The van der Waals surface area contributed by atoms with Crippen LogP contribution in [0.4, 0.5) is 0 Å². The molecule has 0 aliphatic heterocycles. The fourth-order valence-electron chi connectivity index (χ4n) is 0.694. The first-order valence-corrected chi connectivity index (χ1v) is 5.64. The van der Waals surface area contributed by atoms with Crippen molar-refractivity contribution >= 4 is 19.7 Å². The smallest absolute Gasteiger partial charge is 0.164 e. The van der Waals surface area contributed by atoms with Gasteiger partial charge in [0, 0.05) is 6.61 Å². The number of hydrogen-bond acceptors (Lipinski definition) is 2. The summed E-state index contributed by atoms with van der Waals surface area (Å²) < 4.78 is 5.35. The minimum absolute atomic E-state index is 0.440. The molecule has 0 amide bonds. The zero-order valence-corrected chi connectivity index (χ0v) is 8.53. The summed E-state index contributed by atoms with van der Waals surface area (Å²) in [5.74, 6) is 0. The van der Waals surface area contributed by atoms with Crippen LogP contribution < -0.4 is 0 Å². The van der Waals surface area contributed by atoms with E-state index in [1.165, 1.54) is 0 Å². The molecule has 0 saturated carbocycles. The van der Waals surface area contributed by atoms with Gasteiger partial charge in [0.1, 0.15) is 0 Å². The Labute approximate surface area is 74.3 Å². The highest BCUT2D eigenvalue weighted by molar-refractivity contribution is 7.55. The van der Waals surface area contributed by atoms with Crippen molar-refractivity contribution in [3.63, 3.8) is 0 Å². The summed E-state index contributed by atoms with van der Waals surface area (Å²) in [6.07, 6.45) is 1.95. The summed E-state index contributed by atoms with van der Waals surface area (Å²) in [5, 5.41) is 8.07. The number of nitriles is 1. The SMILES string of the molecule is CCCP(OCC)C(Cl)C#N. The van der Waals surface area contributed by atoms with Crippen molar-refractivity contribution < 1.29 is 4.52 Å². The van der Waals surface area contributed by atoms with Crippen molar-refractivity contribution in [1.29, 1.82) is 5.26 Å². The third-order valence-electron chi connectivity index (χ3n) is 1.10. The van der Waals surface area contributed by atoms with E-state index in [9.17, 15) is 0 Å². The molecule has 0 N–H and O–H groups in total. The van der Waals surface area contributed by atoms with Crippen molar-refractivity contribution in [3.05, 3.63) is 0 Å². The number of nitrogens with zero attached hydrogens (tertiary/aromatic N) is 1. The van der Waals surface area contributed by atoms with Crippen LogP contribution in [0, 0.1) is 11.3 Å². The molecule has 64 valence electrons. The lowest BCUT2D eigenvalue weighted by Gasteiger charge is -2.15. The normalized spacial score (nSPS) is 15.5. The molecule has 0 aliphatic carbocycles. The van der Waals surface area contributed by atoms with E-state index in [2.05, 4.69) is 6.92 Å². The molecule has 4 heteroatoms. The van der Waals surface area contributed by atoms with Gasteiger partial charge in [-0.05, 0) is 19.5 Å². The van der Waals surface area contributed by atoms with Gasteiger partial charge in [-0.3, -0.25) is 0 Å². The molecule has 2 unspecified atom stereocenters. The Morgan fingerprint density at radius 1 is 1.64 bits per heavy atom. The van der Waals surface area contributed by atoms with Crippen LogP contribution in [0.1, 0.15) is 20.3 Å². The first-order chi connectivity index (χ1) is 5.26. The first-order valence-electron chi connectivity index (χ1n) is 3.69. The molecule has 0 aromatic rings. The first kappa shape index (κ1) is 11.2. The van der Waals surface area contributed by atoms with Gasteiger partial charge in [0.15, 0.2) is 5.12 Å². The topological polar surface area (TPSA) is 33.0 Å². The highest BCUT2D eigenvalue weighted by atomic mass is 35.5. The third kappa shape index (κ3) is 4.58. The molecule has 0 aliphatic rings. The van der Waals surface area contributed by atoms with E-state index in [-0.39, 0.29) is 0 Å². The molecular weight excluding hydrogens is 181 g/mol. The van der Waals surface area contributed by atoms with Crippen LogP contribution in [0.15, 0.2) is 0 Å². The highest BCUT2D eigenvalue weighted by Crippen LogP contribution is 2.44.